The number of thiazole rings is 3. The summed E-state index contributed by atoms with van der Waals surface area (Å²) in [6, 6.07) is 4.82. The monoisotopic (exact) mass is 2010 g/mol. The molecule has 5 aliphatic carbocycles. The Bertz CT molecular complexity index is 6160. The van der Waals surface area contributed by atoms with Gasteiger partial charge in [0.05, 0.1) is 95.8 Å². The number of carbonyl (C=O) groups excluding carboxylic acids is 6. The Morgan fingerprint density at radius 1 is 0.404 bits per heavy atom. The molecule has 47 heteroatoms. The molecular weight excluding hydrogens is 1900 g/mol. The van der Waals surface area contributed by atoms with Crippen molar-refractivity contribution >= 4 is 98.6 Å². The van der Waals surface area contributed by atoms with Crippen LogP contribution in [0, 0.1) is 64.4 Å². The molecule has 12 heterocycles. The Hall–Kier alpha value is -13.2. The number of carboxylic acid groups (broad SMARTS) is 2. The lowest BCUT2D eigenvalue weighted by molar-refractivity contribution is -0.162. The number of aromatic nitrogens is 18. The molecular formula is C94H106F6N22O16S3. The molecule has 0 saturated heterocycles. The highest BCUT2D eigenvalue weighted by molar-refractivity contribution is 7.14. The van der Waals surface area contributed by atoms with E-state index in [0.29, 0.717) is 77.2 Å². The number of amides is 3. The number of nitrogens with one attached hydrogen (secondary N) is 3. The van der Waals surface area contributed by atoms with Crippen LogP contribution in [0.1, 0.15) is 220 Å². The van der Waals surface area contributed by atoms with Crippen molar-refractivity contribution in [2.45, 2.75) is 233 Å². The smallest absolute Gasteiger partial charge is 0.325 e. The van der Waals surface area contributed by atoms with Crippen LogP contribution in [0.2, 0.25) is 0 Å². The second kappa shape index (κ2) is 46.5. The highest BCUT2D eigenvalue weighted by Gasteiger charge is 2.40. The number of carboxylic acids is 2. The average molecular weight is 2010 g/mol. The maximum Gasteiger partial charge on any atom is 0.325 e. The van der Waals surface area contributed by atoms with E-state index in [1.165, 1.54) is 60.4 Å². The molecule has 0 radical (unpaired) electrons. The molecule has 1 unspecified atom stereocenters. The zero-order valence-corrected chi connectivity index (χ0v) is 80.3. The summed E-state index contributed by atoms with van der Waals surface area (Å²) in [5.74, 6) is -13.3. The van der Waals surface area contributed by atoms with Gasteiger partial charge in [0.1, 0.15) is 72.3 Å². The summed E-state index contributed by atoms with van der Waals surface area (Å²) in [4.78, 5) is 125. The molecule has 0 spiro atoms. The van der Waals surface area contributed by atoms with Crippen molar-refractivity contribution in [1.82, 2.24) is 88.6 Å². The Kier molecular flexibility index (Phi) is 33.7. The van der Waals surface area contributed by atoms with Gasteiger partial charge in [-0.15, -0.1) is 34.0 Å². The van der Waals surface area contributed by atoms with Gasteiger partial charge in [-0.25, -0.2) is 57.1 Å². The van der Waals surface area contributed by atoms with Gasteiger partial charge in [-0.2, -0.15) is 43.8 Å². The lowest BCUT2D eigenvalue weighted by atomic mass is 9.79. The molecule has 17 rings (SSSR count). The number of aliphatic carboxylic acids is 2. The van der Waals surface area contributed by atoms with Crippen LogP contribution in [-0.4, -0.2) is 191 Å². The van der Waals surface area contributed by atoms with Gasteiger partial charge in [0.15, 0.2) is 37.6 Å². The summed E-state index contributed by atoms with van der Waals surface area (Å²) in [6.45, 7) is 12.8. The Labute approximate surface area is 815 Å². The second-order valence-electron chi connectivity index (χ2n) is 35.7. The van der Waals surface area contributed by atoms with Gasteiger partial charge in [-0.3, -0.25) is 52.4 Å². The first-order valence-corrected chi connectivity index (χ1v) is 49.2. The fourth-order valence-electron chi connectivity index (χ4n) is 17.6. The van der Waals surface area contributed by atoms with Gasteiger partial charge in [-0.1, -0.05) is 46.5 Å². The third-order valence-electron chi connectivity index (χ3n) is 25.1. The van der Waals surface area contributed by atoms with Gasteiger partial charge in [0.2, 0.25) is 17.8 Å². The van der Waals surface area contributed by atoms with Crippen LogP contribution < -0.4 is 21.7 Å². The van der Waals surface area contributed by atoms with Crippen LogP contribution in [0.25, 0.3) is 65.9 Å². The van der Waals surface area contributed by atoms with Crippen molar-refractivity contribution < 1.29 is 103 Å². The van der Waals surface area contributed by atoms with Crippen molar-refractivity contribution in [2.75, 3.05) is 35.8 Å². The molecule has 12 aromatic heterocycles. The molecule has 5 atom stereocenters. The van der Waals surface area contributed by atoms with Gasteiger partial charge in [-0.05, 0) is 165 Å². The predicted octanol–water partition coefficient (Wildman–Crippen LogP) is 16.6. The predicted molar refractivity (Wildman–Crippen MR) is 501 cm³/mol. The molecule has 7 N–H and O–H groups in total. The molecule has 141 heavy (non-hydrogen) atoms. The fourth-order valence-corrected chi connectivity index (χ4v) is 19.9. The summed E-state index contributed by atoms with van der Waals surface area (Å²) in [5, 5.41) is 59.6. The standard InChI is InChI=1S/2C32H35F2N7O6S.C30H36F2N8O4S/c2*1-2-46-20-9-7-19(8-10-20)41-15-24(28(39-41)27-23(33)11-12-26(34)38-27)36-29(42)25-16-48-30(37-25)18-13-35-40(14-18)17-47-32(45)22-6-4-3-5-21(22)31(43)44;1-5-43-19-8-6-18(7-9-19)40-14-21(25(38-40)24-20(31)10-11-23(32)37-24)35-27(41)22-15-45-28(36-22)17-12-34-39(13-17)16-44-29(42)26(33)30(2,3)4/h2*11-16,19-22H,2-10,17H2,1H3,(H,36,42)(H,43,44);10-15,18-19,26H,5-9,16,33H2,1-4H3,(H,35,41)/t19?,20?,21-,22+;19?,20?,21-,22-;/m10./s1. The van der Waals surface area contributed by atoms with Crippen molar-refractivity contribution in [1.29, 1.82) is 0 Å². The van der Waals surface area contributed by atoms with E-state index in [9.17, 15) is 74.9 Å². The number of ether oxygens (including phenoxy) is 6. The second-order valence-corrected chi connectivity index (χ2v) is 38.3. The molecule has 5 fully saturated rings. The molecule has 0 aliphatic heterocycles. The number of hydrogen-bond acceptors (Lipinski definition) is 30. The normalized spacial score (nSPS) is 20.0. The third-order valence-corrected chi connectivity index (χ3v) is 27.8. The molecule has 12 aromatic rings. The van der Waals surface area contributed by atoms with Crippen LogP contribution in [0.3, 0.4) is 0 Å². The zero-order valence-electron chi connectivity index (χ0n) is 77.9. The Morgan fingerprint density at radius 3 is 0.979 bits per heavy atom. The topological polar surface area (TPSA) is 479 Å². The van der Waals surface area contributed by atoms with Crippen molar-refractivity contribution in [3.05, 3.63) is 161 Å². The van der Waals surface area contributed by atoms with E-state index in [2.05, 4.69) is 76.4 Å². The summed E-state index contributed by atoms with van der Waals surface area (Å²) in [5.41, 5.74) is 7.10. The molecule has 38 nitrogen and oxygen atoms in total. The highest BCUT2D eigenvalue weighted by Crippen LogP contribution is 2.42. The molecule has 5 aliphatic rings. The molecule has 3 amide bonds. The van der Waals surface area contributed by atoms with Gasteiger partial charge < -0.3 is 60.3 Å². The van der Waals surface area contributed by atoms with Crippen LogP contribution in [0.5, 0.6) is 0 Å². The first kappa shape index (κ1) is 102. The van der Waals surface area contributed by atoms with Crippen molar-refractivity contribution in [3.8, 4) is 65.9 Å². The average Bonchev–Trinajstić information content (AvgIpc) is 1.65. The lowest BCUT2D eigenvalue weighted by Crippen LogP contribution is -2.43. The molecule has 748 valence electrons. The highest BCUT2D eigenvalue weighted by atomic mass is 32.1. The van der Waals surface area contributed by atoms with Gasteiger partial charge >= 0.3 is 29.8 Å². The quantitative estimate of drug-likeness (QED) is 0.00987. The first-order valence-electron chi connectivity index (χ1n) is 46.5. The minimum absolute atomic E-state index is 0.00135. The fraction of sp³-hybridized carbons (Fsp3) is 0.468. The van der Waals surface area contributed by atoms with Crippen LogP contribution in [-0.2, 0) is 72.6 Å². The number of rotatable bonds is 32. The van der Waals surface area contributed by atoms with Gasteiger partial charge in [0.25, 0.3) is 17.7 Å². The van der Waals surface area contributed by atoms with Crippen molar-refractivity contribution in [2.24, 2.45) is 34.8 Å². The maximum absolute atomic E-state index is 14.8. The van der Waals surface area contributed by atoms with E-state index < -0.39 is 118 Å². The SMILES string of the molecule is CCOC1CCC(n2cc(NC(=O)c3csc(-c4cnn(COC(=O)C(N)C(C)(C)C)c4)n3)c(-c3nc(F)ccc3F)n2)CC1.CCOC1CCC(n2cc(NC(=O)c3csc(-c4cnn(COC(=O)[C@H]5CCCC[C@@H]5C(=O)O)c4)n3)c(-c3nc(F)ccc3F)n2)CC1.CCOC1CCC(n2cc(NC(=O)c3csc(-c4cnn(COC(=O)[C@H]5CCCC[C@H]5C(=O)O)c4)n3)c(-c3nc(F)ccc3F)n2)CC1. The Balaban J connectivity index is 0.000000160. The number of carbonyl (C=O) groups is 8. The lowest BCUT2D eigenvalue weighted by Gasteiger charge is -2.28. The molecule has 0 bridgehead atoms. The first-order chi connectivity index (χ1) is 67.8. The van der Waals surface area contributed by atoms with Crippen molar-refractivity contribution in [3.63, 3.8) is 0 Å². The van der Waals surface area contributed by atoms with Crippen LogP contribution in [0.4, 0.5) is 43.4 Å². The van der Waals surface area contributed by atoms with E-state index in [1.807, 2.05) is 41.5 Å². The van der Waals surface area contributed by atoms with Crippen LogP contribution in [0.15, 0.2) is 108 Å². The number of pyridine rings is 3. The number of hydrogen-bond donors (Lipinski definition) is 6. The minimum Gasteiger partial charge on any atom is -0.481 e. The van der Waals surface area contributed by atoms with Crippen LogP contribution >= 0.6 is 34.0 Å². The molecule has 5 saturated carbocycles. The number of halogens is 6. The number of anilines is 3. The minimum atomic E-state index is -0.996. The largest absolute Gasteiger partial charge is 0.481 e. The van der Waals surface area contributed by atoms with Gasteiger partial charge in [0, 0.05) is 89.8 Å². The third kappa shape index (κ3) is 25.6. The van der Waals surface area contributed by atoms with E-state index in [-0.39, 0.29) is 125 Å². The number of nitrogens with two attached hydrogens (primary N) is 1. The van der Waals surface area contributed by atoms with E-state index in [4.69, 9.17) is 34.2 Å². The maximum atomic E-state index is 14.8. The molecule has 0 aromatic carbocycles. The summed E-state index contributed by atoms with van der Waals surface area (Å²) < 4.78 is 129. The summed E-state index contributed by atoms with van der Waals surface area (Å²) in [7, 11) is 0. The zero-order chi connectivity index (χ0) is 99.9. The summed E-state index contributed by atoms with van der Waals surface area (Å²) >= 11 is 3.60. The summed E-state index contributed by atoms with van der Waals surface area (Å²) in [6.07, 6.45) is 29.3. The number of nitrogens with zero attached hydrogens (tertiary/aromatic N) is 18. The Morgan fingerprint density at radius 2 is 0.695 bits per heavy atom. The van der Waals surface area contributed by atoms with E-state index in [1.54, 1.807) is 73.6 Å². The van der Waals surface area contributed by atoms with E-state index in [0.717, 1.165) is 139 Å². The number of esters is 3. The van der Waals surface area contributed by atoms with E-state index >= 15 is 0 Å².